The third-order valence-electron chi connectivity index (χ3n) is 2.03. The zero-order valence-electron chi connectivity index (χ0n) is 5.94. The van der Waals surface area contributed by atoms with Crippen molar-refractivity contribution in [2.24, 2.45) is 0 Å². The average molecular weight is 148 g/mol. The first-order valence-corrected chi connectivity index (χ1v) is 3.25. The second-order valence-corrected chi connectivity index (χ2v) is 2.82. The molecule has 0 radical (unpaired) electrons. The quantitative estimate of drug-likeness (QED) is 0.391. The first-order chi connectivity index (χ1) is 3.77. The Balaban J connectivity index is 0.000000640. The summed E-state index contributed by atoms with van der Waals surface area (Å²) in [6.07, 6.45) is 4.80. The van der Waals surface area contributed by atoms with Gasteiger partial charge in [0, 0.05) is 12.8 Å². The zero-order valence-corrected chi connectivity index (χ0v) is 6.69. The highest BCUT2D eigenvalue weighted by Crippen LogP contribution is 2.15. The molecule has 1 heterocycles. The molecule has 1 aliphatic rings. The Morgan fingerprint density at radius 1 is 1.33 bits per heavy atom. The van der Waals surface area contributed by atoms with Crippen LogP contribution < -0.4 is 12.4 Å². The maximum Gasteiger partial charge on any atom is 0.0883 e. The molecule has 0 atom stereocenters. The number of nitrogens with zero attached hydrogens (tertiary/aromatic N) is 1. The number of likely N-dealkylation sites (tertiary alicyclic amines) is 1. The van der Waals surface area contributed by atoms with Gasteiger partial charge in [0.05, 0.1) is 26.3 Å². The smallest absolute Gasteiger partial charge is 0.0883 e. The Hall–Kier alpha value is -0.0100. The molecule has 1 fully saturated rings. The highest BCUT2D eigenvalue weighted by atomic mass is 35.5. The molecule has 0 aromatic rings. The summed E-state index contributed by atoms with van der Waals surface area (Å²) in [5.74, 6) is 0. The van der Waals surface area contributed by atoms with Crippen LogP contribution in [0.3, 0.4) is 0 Å². The van der Waals surface area contributed by atoms with Crippen molar-refractivity contribution in [1.29, 1.82) is 0 Å². The second-order valence-electron chi connectivity index (χ2n) is 2.82. The van der Waals surface area contributed by atoms with Crippen LogP contribution in [0.25, 0.3) is 0 Å². The van der Waals surface area contributed by atoms with E-state index >= 15 is 0 Å². The highest BCUT2D eigenvalue weighted by Gasteiger charge is 2.22. The number of quaternary nitrogens is 1. The molecule has 0 bridgehead atoms. The Morgan fingerprint density at radius 3 is 2.00 bits per heavy atom. The van der Waals surface area contributed by atoms with Gasteiger partial charge in [0.2, 0.25) is 0 Å². The van der Waals surface area contributed by atoms with E-state index in [0.717, 1.165) is 4.48 Å². The summed E-state index contributed by atoms with van der Waals surface area (Å²) in [6.45, 7) is 6.38. The molecule has 0 amide bonds. The summed E-state index contributed by atoms with van der Waals surface area (Å²) in [5, 5.41) is 0. The van der Waals surface area contributed by atoms with E-state index in [1.165, 1.54) is 25.9 Å². The van der Waals surface area contributed by atoms with Crippen LogP contribution in [0.1, 0.15) is 12.8 Å². The largest absolute Gasteiger partial charge is 1.00 e. The van der Waals surface area contributed by atoms with Gasteiger partial charge in [-0.3, -0.25) is 0 Å². The molecule has 9 heavy (non-hydrogen) atoms. The van der Waals surface area contributed by atoms with E-state index in [2.05, 4.69) is 13.6 Å². The Labute approximate surface area is 63.4 Å². The fraction of sp³-hybridized carbons (Fsp3) is 0.714. The van der Waals surface area contributed by atoms with Crippen LogP contribution in [0.15, 0.2) is 12.8 Å². The van der Waals surface area contributed by atoms with Gasteiger partial charge < -0.3 is 16.9 Å². The van der Waals surface area contributed by atoms with Crippen molar-refractivity contribution in [2.45, 2.75) is 12.8 Å². The molecule has 0 saturated carbocycles. The maximum atomic E-state index is 3.79. The molecule has 54 valence electrons. The summed E-state index contributed by atoms with van der Waals surface area (Å²) in [7, 11) is 2.24. The van der Waals surface area contributed by atoms with Crippen molar-refractivity contribution in [1.82, 2.24) is 0 Å². The molecule has 0 unspecified atom stereocenters. The molecule has 1 rings (SSSR count). The van der Waals surface area contributed by atoms with E-state index in [0.29, 0.717) is 0 Å². The van der Waals surface area contributed by atoms with Crippen LogP contribution in [-0.4, -0.2) is 24.6 Å². The average Bonchev–Trinajstić information content (AvgIpc) is 2.17. The predicted molar refractivity (Wildman–Crippen MR) is 35.3 cm³/mol. The van der Waals surface area contributed by atoms with Crippen LogP contribution in [0.4, 0.5) is 0 Å². The zero-order chi connectivity index (χ0) is 6.04. The summed E-state index contributed by atoms with van der Waals surface area (Å²) in [6, 6.07) is 0. The lowest BCUT2D eigenvalue weighted by atomic mass is 10.4. The minimum atomic E-state index is 0. The van der Waals surface area contributed by atoms with Crippen LogP contribution in [0.5, 0.6) is 0 Å². The summed E-state index contributed by atoms with van der Waals surface area (Å²) < 4.78 is 1.08. The van der Waals surface area contributed by atoms with Crippen molar-refractivity contribution in [3.05, 3.63) is 12.8 Å². The maximum absolute atomic E-state index is 3.79. The fourth-order valence-electron chi connectivity index (χ4n) is 1.24. The summed E-state index contributed by atoms with van der Waals surface area (Å²) in [5.41, 5.74) is 0. The molecule has 1 saturated heterocycles. The van der Waals surface area contributed by atoms with Crippen molar-refractivity contribution in [3.8, 4) is 0 Å². The van der Waals surface area contributed by atoms with E-state index in [1.807, 2.05) is 6.20 Å². The van der Waals surface area contributed by atoms with Gasteiger partial charge in [-0.2, -0.15) is 0 Å². The summed E-state index contributed by atoms with van der Waals surface area (Å²) in [4.78, 5) is 0. The fourth-order valence-corrected chi connectivity index (χ4v) is 1.24. The lowest BCUT2D eigenvalue weighted by Crippen LogP contribution is -3.00. The van der Waals surface area contributed by atoms with Crippen molar-refractivity contribution < 1.29 is 16.9 Å². The van der Waals surface area contributed by atoms with Gasteiger partial charge in [0.1, 0.15) is 0 Å². The molecule has 2 heteroatoms. The van der Waals surface area contributed by atoms with Gasteiger partial charge >= 0.3 is 0 Å². The standard InChI is InChI=1S/C7H14N.ClH/c1-3-8(2)6-4-5-7-8;/h3H,1,4-7H2,2H3;1H/q+1;/p-1. The van der Waals surface area contributed by atoms with E-state index in [9.17, 15) is 0 Å². The molecular formula is C7H14ClN. The van der Waals surface area contributed by atoms with Crippen LogP contribution in [-0.2, 0) is 0 Å². The first-order valence-electron chi connectivity index (χ1n) is 3.25. The first kappa shape index (κ1) is 8.99. The van der Waals surface area contributed by atoms with Gasteiger partial charge in [-0.15, -0.1) is 0 Å². The van der Waals surface area contributed by atoms with Crippen molar-refractivity contribution >= 4 is 0 Å². The number of hydrogen-bond acceptors (Lipinski definition) is 0. The molecule has 1 aliphatic heterocycles. The normalized spacial score (nSPS) is 22.8. The monoisotopic (exact) mass is 147 g/mol. The lowest BCUT2D eigenvalue weighted by molar-refractivity contribution is -0.846. The van der Waals surface area contributed by atoms with E-state index in [1.54, 1.807) is 0 Å². The third-order valence-corrected chi connectivity index (χ3v) is 2.03. The molecule has 0 N–H and O–H groups in total. The SMILES string of the molecule is C=C[N+]1(C)CCCC1.[Cl-]. The lowest BCUT2D eigenvalue weighted by Gasteiger charge is -2.22. The summed E-state index contributed by atoms with van der Waals surface area (Å²) >= 11 is 0. The Kier molecular flexibility index (Phi) is 3.23. The van der Waals surface area contributed by atoms with Gasteiger partial charge in [0.25, 0.3) is 0 Å². The molecule has 0 aromatic carbocycles. The van der Waals surface area contributed by atoms with Gasteiger partial charge in [-0.1, -0.05) is 0 Å². The van der Waals surface area contributed by atoms with Crippen LogP contribution in [0, 0.1) is 0 Å². The molecule has 0 spiro atoms. The van der Waals surface area contributed by atoms with Crippen LogP contribution >= 0.6 is 0 Å². The van der Waals surface area contributed by atoms with Crippen LogP contribution in [0.2, 0.25) is 0 Å². The molecular weight excluding hydrogens is 134 g/mol. The van der Waals surface area contributed by atoms with Gasteiger partial charge in [-0.25, -0.2) is 0 Å². The Morgan fingerprint density at radius 2 is 1.78 bits per heavy atom. The third kappa shape index (κ3) is 1.99. The van der Waals surface area contributed by atoms with Gasteiger partial charge in [-0.05, 0) is 6.58 Å². The highest BCUT2D eigenvalue weighted by molar-refractivity contribution is 4.60. The van der Waals surface area contributed by atoms with E-state index < -0.39 is 0 Å². The molecule has 1 nitrogen and oxygen atoms in total. The minimum absolute atomic E-state index is 0. The number of hydrogen-bond donors (Lipinski definition) is 0. The number of rotatable bonds is 1. The topological polar surface area (TPSA) is 0 Å². The van der Waals surface area contributed by atoms with Crippen molar-refractivity contribution in [2.75, 3.05) is 20.1 Å². The minimum Gasteiger partial charge on any atom is -1.00 e. The van der Waals surface area contributed by atoms with E-state index in [4.69, 9.17) is 0 Å². The molecule has 0 aliphatic carbocycles. The van der Waals surface area contributed by atoms with Gasteiger partial charge in [0.15, 0.2) is 0 Å². The predicted octanol–water partition coefficient (Wildman–Crippen LogP) is -1.63. The Bertz CT molecular complexity index is 95.1. The van der Waals surface area contributed by atoms with Crippen molar-refractivity contribution in [3.63, 3.8) is 0 Å². The molecule has 0 aromatic heterocycles. The second kappa shape index (κ2) is 3.23. The van der Waals surface area contributed by atoms with E-state index in [-0.39, 0.29) is 12.4 Å². The number of halogens is 1.